The minimum Gasteiger partial charge on any atom is -0.497 e. The molecule has 5 aromatic rings. The lowest BCUT2D eigenvalue weighted by atomic mass is 9.97. The van der Waals surface area contributed by atoms with E-state index in [1.54, 1.807) is 43.2 Å². The van der Waals surface area contributed by atoms with Crippen molar-refractivity contribution < 1.29 is 28.5 Å². The number of benzene rings is 5. The number of thioether (sulfide) groups is 1. The monoisotopic (exact) mass is 672 g/mol. The van der Waals surface area contributed by atoms with E-state index in [1.807, 2.05) is 121 Å². The SMILES string of the molecule is COc1ccc(CO[C@H]2[C@H](OCc3ccccc3)[C@H](OCc3ccccc3)[C@@H](Sc3ccccc3)O[C@@H]2/C=C/C(=O)c2ccccc2)cc1. The molecule has 6 rings (SSSR count). The van der Waals surface area contributed by atoms with Crippen LogP contribution in [-0.4, -0.2) is 42.7 Å². The molecule has 0 N–H and O–H groups in total. The van der Waals surface area contributed by atoms with E-state index in [2.05, 4.69) is 12.1 Å². The first-order chi connectivity index (χ1) is 24.2. The lowest BCUT2D eigenvalue weighted by Gasteiger charge is -2.45. The van der Waals surface area contributed by atoms with Crippen LogP contribution >= 0.6 is 11.8 Å². The predicted molar refractivity (Wildman–Crippen MR) is 192 cm³/mol. The second kappa shape index (κ2) is 17.8. The largest absolute Gasteiger partial charge is 0.497 e. The third kappa shape index (κ3) is 9.79. The van der Waals surface area contributed by atoms with Gasteiger partial charge in [0.2, 0.25) is 0 Å². The van der Waals surface area contributed by atoms with Gasteiger partial charge in [-0.3, -0.25) is 4.79 Å². The van der Waals surface area contributed by atoms with Crippen LogP contribution in [0.15, 0.2) is 163 Å². The van der Waals surface area contributed by atoms with Crippen molar-refractivity contribution in [1.29, 1.82) is 0 Å². The number of hydrogen-bond donors (Lipinski definition) is 0. The summed E-state index contributed by atoms with van der Waals surface area (Å²) in [4.78, 5) is 14.3. The highest BCUT2D eigenvalue weighted by Crippen LogP contribution is 2.38. The van der Waals surface area contributed by atoms with E-state index in [-0.39, 0.29) is 5.78 Å². The van der Waals surface area contributed by atoms with Crippen molar-refractivity contribution >= 4 is 17.5 Å². The van der Waals surface area contributed by atoms with Crippen LogP contribution in [0.5, 0.6) is 5.75 Å². The van der Waals surface area contributed by atoms with Crippen LogP contribution in [0.3, 0.4) is 0 Å². The molecule has 5 atom stereocenters. The second-order valence-electron chi connectivity index (χ2n) is 11.6. The summed E-state index contributed by atoms with van der Waals surface area (Å²) in [6.07, 6.45) is 1.07. The van der Waals surface area contributed by atoms with E-state index in [1.165, 1.54) is 0 Å². The summed E-state index contributed by atoms with van der Waals surface area (Å²) in [5.74, 6) is 0.652. The van der Waals surface area contributed by atoms with E-state index < -0.39 is 29.9 Å². The van der Waals surface area contributed by atoms with Crippen LogP contribution in [0.4, 0.5) is 0 Å². The molecule has 1 fully saturated rings. The molecule has 7 heteroatoms. The maximum Gasteiger partial charge on any atom is 0.185 e. The Bertz CT molecular complexity index is 1730. The summed E-state index contributed by atoms with van der Waals surface area (Å²) in [6.45, 7) is 1.01. The molecule has 1 aliphatic heterocycles. The first-order valence-electron chi connectivity index (χ1n) is 16.4. The van der Waals surface area contributed by atoms with Crippen LogP contribution in [0, 0.1) is 0 Å². The van der Waals surface area contributed by atoms with Crippen molar-refractivity contribution in [2.75, 3.05) is 7.11 Å². The van der Waals surface area contributed by atoms with E-state index >= 15 is 0 Å². The van der Waals surface area contributed by atoms with Crippen molar-refractivity contribution in [2.45, 2.75) is 54.6 Å². The number of allylic oxidation sites excluding steroid dienone is 1. The Hall–Kier alpha value is -4.50. The Kier molecular flexibility index (Phi) is 12.5. The van der Waals surface area contributed by atoms with Crippen LogP contribution in [-0.2, 0) is 38.8 Å². The Morgan fingerprint density at radius 2 is 1.10 bits per heavy atom. The van der Waals surface area contributed by atoms with Crippen molar-refractivity contribution in [2.24, 2.45) is 0 Å². The Labute approximate surface area is 292 Å². The van der Waals surface area contributed by atoms with Gasteiger partial charge in [-0.05, 0) is 53.1 Å². The summed E-state index contributed by atoms with van der Waals surface area (Å²) < 4.78 is 32.5. The van der Waals surface area contributed by atoms with Crippen molar-refractivity contribution in [3.63, 3.8) is 0 Å². The molecule has 0 saturated carbocycles. The van der Waals surface area contributed by atoms with Crippen molar-refractivity contribution in [3.05, 3.63) is 180 Å². The summed E-state index contributed by atoms with van der Waals surface area (Å²) in [5.41, 5.74) is 3.16. The second-order valence-corrected chi connectivity index (χ2v) is 12.8. The fraction of sp³-hybridized carbons (Fsp3) is 0.214. The highest BCUT2D eigenvalue weighted by molar-refractivity contribution is 7.99. The minimum atomic E-state index is -0.621. The molecule has 0 radical (unpaired) electrons. The molecule has 6 nitrogen and oxygen atoms in total. The molecule has 0 bridgehead atoms. The van der Waals surface area contributed by atoms with Gasteiger partial charge in [-0.25, -0.2) is 0 Å². The Morgan fingerprint density at radius 1 is 0.612 bits per heavy atom. The molecular weight excluding hydrogens is 633 g/mol. The molecule has 1 heterocycles. The number of hydrogen-bond acceptors (Lipinski definition) is 7. The molecule has 1 saturated heterocycles. The van der Waals surface area contributed by atoms with Gasteiger partial charge in [0.1, 0.15) is 35.6 Å². The van der Waals surface area contributed by atoms with E-state index in [4.69, 9.17) is 23.7 Å². The van der Waals surface area contributed by atoms with Crippen LogP contribution in [0.1, 0.15) is 27.0 Å². The van der Waals surface area contributed by atoms with Gasteiger partial charge in [-0.15, -0.1) is 0 Å². The average Bonchev–Trinajstić information content (AvgIpc) is 3.17. The first-order valence-corrected chi connectivity index (χ1v) is 17.2. The minimum absolute atomic E-state index is 0.116. The van der Waals surface area contributed by atoms with Gasteiger partial charge < -0.3 is 23.7 Å². The number of carbonyl (C=O) groups is 1. The predicted octanol–water partition coefficient (Wildman–Crippen LogP) is 8.71. The van der Waals surface area contributed by atoms with E-state index in [9.17, 15) is 4.79 Å². The number of methoxy groups -OCH3 is 1. The Morgan fingerprint density at radius 3 is 1.67 bits per heavy atom. The maximum atomic E-state index is 13.3. The quantitative estimate of drug-likeness (QED) is 0.0815. The lowest BCUT2D eigenvalue weighted by Crippen LogP contribution is -2.58. The van der Waals surface area contributed by atoms with Gasteiger partial charge in [-0.1, -0.05) is 133 Å². The zero-order valence-corrected chi connectivity index (χ0v) is 28.2. The van der Waals surface area contributed by atoms with E-state index in [0.717, 1.165) is 27.3 Å². The highest BCUT2D eigenvalue weighted by atomic mass is 32.2. The van der Waals surface area contributed by atoms with Gasteiger partial charge >= 0.3 is 0 Å². The van der Waals surface area contributed by atoms with Gasteiger partial charge in [-0.2, -0.15) is 0 Å². The standard InChI is InChI=1S/C42H40O6S/c1-44-35-24-22-33(23-25-35)30-45-39-38(27-26-37(43)34-18-10-4-11-19-34)48-42(49-36-20-12-5-13-21-36)41(47-29-32-16-8-3-9-17-32)40(39)46-28-31-14-6-2-7-15-31/h2-27,38-42H,28-30H2,1H3/b27-26+/t38-,39-,40+,41+,42-/m1/s1. The molecule has 0 unspecified atom stereocenters. The highest BCUT2D eigenvalue weighted by Gasteiger charge is 2.48. The zero-order valence-electron chi connectivity index (χ0n) is 27.4. The maximum absolute atomic E-state index is 13.3. The van der Waals surface area contributed by atoms with Gasteiger partial charge in [0.25, 0.3) is 0 Å². The number of ether oxygens (including phenoxy) is 5. The Balaban J connectivity index is 1.36. The molecular formula is C42H40O6S. The topological polar surface area (TPSA) is 63.2 Å². The zero-order chi connectivity index (χ0) is 33.7. The molecule has 250 valence electrons. The summed E-state index contributed by atoms with van der Waals surface area (Å²) in [6, 6.07) is 47.2. The number of rotatable bonds is 15. The summed E-state index contributed by atoms with van der Waals surface area (Å²) >= 11 is 1.57. The number of ketones is 1. The van der Waals surface area contributed by atoms with Crippen molar-refractivity contribution in [3.8, 4) is 5.75 Å². The molecule has 0 amide bonds. The first kappa shape index (κ1) is 34.4. The van der Waals surface area contributed by atoms with Crippen molar-refractivity contribution in [1.82, 2.24) is 0 Å². The van der Waals surface area contributed by atoms with Gasteiger partial charge in [0, 0.05) is 10.5 Å². The normalized spacial score (nSPS) is 20.6. The molecule has 0 spiro atoms. The summed E-state index contributed by atoms with van der Waals surface area (Å²) in [5, 5.41) is 0. The van der Waals surface area contributed by atoms with Crippen LogP contribution < -0.4 is 4.74 Å². The molecule has 49 heavy (non-hydrogen) atoms. The van der Waals surface area contributed by atoms with E-state index in [0.29, 0.717) is 25.4 Å². The van der Waals surface area contributed by atoms with Gasteiger partial charge in [0.05, 0.1) is 26.9 Å². The number of carbonyl (C=O) groups excluding carboxylic acids is 1. The van der Waals surface area contributed by atoms with Gasteiger partial charge in [0.15, 0.2) is 5.78 Å². The molecule has 5 aromatic carbocycles. The molecule has 0 aromatic heterocycles. The average molecular weight is 673 g/mol. The smallest absolute Gasteiger partial charge is 0.185 e. The third-order valence-electron chi connectivity index (χ3n) is 8.19. The fourth-order valence-corrected chi connectivity index (χ4v) is 6.74. The molecule has 0 aliphatic carbocycles. The third-order valence-corrected chi connectivity index (χ3v) is 9.35. The molecule has 1 aliphatic rings. The van der Waals surface area contributed by atoms with Crippen LogP contribution in [0.25, 0.3) is 0 Å². The summed E-state index contributed by atoms with van der Waals surface area (Å²) in [7, 11) is 1.65. The fourth-order valence-electron chi connectivity index (χ4n) is 5.60. The van der Waals surface area contributed by atoms with Crippen LogP contribution in [0.2, 0.25) is 0 Å². The lowest BCUT2D eigenvalue weighted by molar-refractivity contribution is -0.236.